The topological polar surface area (TPSA) is 21.1 Å². The van der Waals surface area contributed by atoms with Gasteiger partial charge in [0.25, 0.3) is 0 Å². The number of aromatic nitrogens is 2. The van der Waals surface area contributed by atoms with Crippen LogP contribution in [-0.2, 0) is 0 Å². The maximum absolute atomic E-state index is 4.28. The zero-order valence-electron chi connectivity index (χ0n) is 8.68. The molecule has 2 aromatic rings. The van der Waals surface area contributed by atoms with Crippen molar-refractivity contribution in [1.29, 1.82) is 0 Å². The molecule has 0 aliphatic rings. The van der Waals surface area contributed by atoms with Crippen molar-refractivity contribution >= 4 is 21.6 Å². The van der Waals surface area contributed by atoms with Gasteiger partial charge in [0.05, 0.1) is 5.69 Å². The number of rotatable bonds is 2. The molecule has 0 fully saturated rings. The first-order valence-corrected chi connectivity index (χ1v) is 5.45. The molecule has 1 aromatic carbocycles. The highest BCUT2D eigenvalue weighted by Crippen LogP contribution is 2.16. The molecule has 15 heavy (non-hydrogen) atoms. The van der Waals surface area contributed by atoms with Crippen LogP contribution in [0.25, 0.3) is 5.69 Å². The largest absolute Gasteiger partial charge is 0.378 e. The Bertz CT molecular complexity index is 445. The first-order valence-electron chi connectivity index (χ1n) is 4.66. The molecule has 0 spiro atoms. The molecule has 0 amide bonds. The average Bonchev–Trinajstić information content (AvgIpc) is 2.65. The highest BCUT2D eigenvalue weighted by atomic mass is 79.9. The minimum Gasteiger partial charge on any atom is -0.378 e. The smallest absolute Gasteiger partial charge is 0.128 e. The maximum Gasteiger partial charge on any atom is 0.128 e. The van der Waals surface area contributed by atoms with E-state index in [4.69, 9.17) is 0 Å². The van der Waals surface area contributed by atoms with Crippen LogP contribution in [0, 0.1) is 0 Å². The van der Waals surface area contributed by atoms with Gasteiger partial charge in [0.2, 0.25) is 0 Å². The molecule has 0 atom stereocenters. The van der Waals surface area contributed by atoms with Crippen molar-refractivity contribution in [3.05, 3.63) is 41.1 Å². The van der Waals surface area contributed by atoms with Crippen molar-refractivity contribution in [3.63, 3.8) is 0 Å². The Morgan fingerprint density at radius 2 is 1.80 bits per heavy atom. The predicted molar refractivity (Wildman–Crippen MR) is 65.6 cm³/mol. The molecule has 0 bridgehead atoms. The minimum atomic E-state index is 0.846. The minimum absolute atomic E-state index is 0.846. The van der Waals surface area contributed by atoms with E-state index >= 15 is 0 Å². The normalized spacial score (nSPS) is 10.3. The molecule has 4 heteroatoms. The number of hydrogen-bond acceptors (Lipinski definition) is 2. The SMILES string of the molecule is CN(C)c1ccc(-n2ccc(Br)n2)cc1. The predicted octanol–water partition coefficient (Wildman–Crippen LogP) is 2.70. The lowest BCUT2D eigenvalue weighted by atomic mass is 10.2. The molecule has 1 heterocycles. The molecule has 0 saturated heterocycles. The molecular weight excluding hydrogens is 254 g/mol. The van der Waals surface area contributed by atoms with Crippen LogP contribution in [0.1, 0.15) is 0 Å². The highest BCUT2D eigenvalue weighted by Gasteiger charge is 1.99. The molecule has 0 unspecified atom stereocenters. The standard InChI is InChI=1S/C11H12BrN3/c1-14(2)9-3-5-10(6-4-9)15-8-7-11(12)13-15/h3-8H,1-2H3. The third-order valence-corrected chi connectivity index (χ3v) is 2.61. The summed E-state index contributed by atoms with van der Waals surface area (Å²) < 4.78 is 2.68. The quantitative estimate of drug-likeness (QED) is 0.833. The number of hydrogen-bond donors (Lipinski definition) is 0. The number of anilines is 1. The zero-order chi connectivity index (χ0) is 10.8. The van der Waals surface area contributed by atoms with E-state index in [2.05, 4.69) is 50.2 Å². The first kappa shape index (κ1) is 10.2. The van der Waals surface area contributed by atoms with Gasteiger partial charge >= 0.3 is 0 Å². The van der Waals surface area contributed by atoms with Crippen LogP contribution in [0.15, 0.2) is 41.1 Å². The fourth-order valence-electron chi connectivity index (χ4n) is 1.35. The van der Waals surface area contributed by atoms with Gasteiger partial charge in [-0.2, -0.15) is 5.10 Å². The summed E-state index contributed by atoms with van der Waals surface area (Å²) in [6.45, 7) is 0. The van der Waals surface area contributed by atoms with Crippen molar-refractivity contribution in [2.24, 2.45) is 0 Å². The number of halogens is 1. The number of nitrogens with zero attached hydrogens (tertiary/aromatic N) is 3. The number of benzene rings is 1. The fourth-order valence-corrected chi connectivity index (χ4v) is 1.64. The maximum atomic E-state index is 4.28. The van der Waals surface area contributed by atoms with Gasteiger partial charge in [-0.25, -0.2) is 4.68 Å². The summed E-state index contributed by atoms with van der Waals surface area (Å²) in [6, 6.07) is 10.2. The lowest BCUT2D eigenvalue weighted by Crippen LogP contribution is -2.08. The Hall–Kier alpha value is -1.29. The van der Waals surface area contributed by atoms with E-state index in [1.807, 2.05) is 31.0 Å². The molecule has 2 rings (SSSR count). The lowest BCUT2D eigenvalue weighted by molar-refractivity contribution is 0.870. The molecule has 0 aliphatic carbocycles. The van der Waals surface area contributed by atoms with Gasteiger partial charge in [0, 0.05) is 26.0 Å². The fraction of sp³-hybridized carbons (Fsp3) is 0.182. The van der Waals surface area contributed by atoms with E-state index in [1.165, 1.54) is 5.69 Å². The highest BCUT2D eigenvalue weighted by molar-refractivity contribution is 9.10. The second kappa shape index (κ2) is 4.06. The van der Waals surface area contributed by atoms with Gasteiger partial charge in [-0.05, 0) is 46.3 Å². The summed E-state index contributed by atoms with van der Waals surface area (Å²) in [5, 5.41) is 4.28. The van der Waals surface area contributed by atoms with Crippen LogP contribution in [0.2, 0.25) is 0 Å². The molecule has 1 aromatic heterocycles. The third-order valence-electron chi connectivity index (χ3n) is 2.19. The summed E-state index contributed by atoms with van der Waals surface area (Å²) in [4.78, 5) is 2.07. The summed E-state index contributed by atoms with van der Waals surface area (Å²) >= 11 is 3.33. The average molecular weight is 266 g/mol. The first-order chi connectivity index (χ1) is 7.16. The van der Waals surface area contributed by atoms with Crippen molar-refractivity contribution < 1.29 is 0 Å². The van der Waals surface area contributed by atoms with E-state index in [1.54, 1.807) is 0 Å². The molecule has 78 valence electrons. The van der Waals surface area contributed by atoms with Crippen LogP contribution >= 0.6 is 15.9 Å². The zero-order valence-corrected chi connectivity index (χ0v) is 10.3. The molecule has 0 N–H and O–H groups in total. The van der Waals surface area contributed by atoms with Gasteiger partial charge in [-0.15, -0.1) is 0 Å². The lowest BCUT2D eigenvalue weighted by Gasteiger charge is -2.12. The molecule has 0 aliphatic heterocycles. The van der Waals surface area contributed by atoms with Gasteiger partial charge < -0.3 is 4.90 Å². The van der Waals surface area contributed by atoms with Crippen LogP contribution < -0.4 is 4.90 Å². The summed E-state index contributed by atoms with van der Waals surface area (Å²) in [7, 11) is 4.05. The van der Waals surface area contributed by atoms with Crippen molar-refractivity contribution in [1.82, 2.24) is 9.78 Å². The van der Waals surface area contributed by atoms with E-state index < -0.39 is 0 Å². The summed E-state index contributed by atoms with van der Waals surface area (Å²) in [5.41, 5.74) is 2.25. The van der Waals surface area contributed by atoms with Crippen LogP contribution in [-0.4, -0.2) is 23.9 Å². The molecule has 3 nitrogen and oxygen atoms in total. The van der Waals surface area contributed by atoms with Gasteiger partial charge in [-0.1, -0.05) is 0 Å². The second-order valence-corrected chi connectivity index (χ2v) is 4.31. The van der Waals surface area contributed by atoms with Crippen LogP contribution in [0.4, 0.5) is 5.69 Å². The van der Waals surface area contributed by atoms with Crippen molar-refractivity contribution in [2.75, 3.05) is 19.0 Å². The summed E-state index contributed by atoms with van der Waals surface area (Å²) in [6.07, 6.45) is 1.93. The Kier molecular flexibility index (Phi) is 2.77. The van der Waals surface area contributed by atoms with Gasteiger partial charge in [-0.3, -0.25) is 0 Å². The van der Waals surface area contributed by atoms with Gasteiger partial charge in [0.15, 0.2) is 0 Å². The third kappa shape index (κ3) is 2.21. The summed E-state index contributed by atoms with van der Waals surface area (Å²) in [5.74, 6) is 0. The Labute approximate surface area is 97.5 Å². The second-order valence-electron chi connectivity index (χ2n) is 3.49. The molecular formula is C11H12BrN3. The van der Waals surface area contributed by atoms with Gasteiger partial charge in [0.1, 0.15) is 4.60 Å². The Morgan fingerprint density at radius 3 is 2.27 bits per heavy atom. The van der Waals surface area contributed by atoms with Crippen LogP contribution in [0.5, 0.6) is 0 Å². The molecule has 0 radical (unpaired) electrons. The van der Waals surface area contributed by atoms with E-state index in [-0.39, 0.29) is 0 Å². The van der Waals surface area contributed by atoms with E-state index in [0.29, 0.717) is 0 Å². The van der Waals surface area contributed by atoms with E-state index in [9.17, 15) is 0 Å². The van der Waals surface area contributed by atoms with Crippen molar-refractivity contribution in [2.45, 2.75) is 0 Å². The van der Waals surface area contributed by atoms with Crippen molar-refractivity contribution in [3.8, 4) is 5.69 Å². The van der Waals surface area contributed by atoms with Crippen LogP contribution in [0.3, 0.4) is 0 Å². The Balaban J connectivity index is 2.31. The Morgan fingerprint density at radius 1 is 1.13 bits per heavy atom. The monoisotopic (exact) mass is 265 g/mol. The molecule has 0 saturated carbocycles. The van der Waals surface area contributed by atoms with E-state index in [0.717, 1.165) is 10.3 Å².